The summed E-state index contributed by atoms with van der Waals surface area (Å²) in [5.74, 6) is -1.47. The van der Waals surface area contributed by atoms with E-state index in [-0.39, 0.29) is 0 Å². The van der Waals surface area contributed by atoms with Gasteiger partial charge in [0.1, 0.15) is 0 Å². The fourth-order valence-electron chi connectivity index (χ4n) is 1.48. The molecule has 2 rings (SSSR count). The molecule has 0 aliphatic rings. The van der Waals surface area contributed by atoms with Crippen LogP contribution in [0.25, 0.3) is 0 Å². The predicted octanol–water partition coefficient (Wildman–Crippen LogP) is 1.35. The topological polar surface area (TPSA) is 90.0 Å². The SMILES string of the molecule is Cc1ccccc1NC(=O)n1cc(F)c(N)nc1=O. The first-order valence-corrected chi connectivity index (χ1v) is 5.40. The molecule has 3 N–H and O–H groups in total. The Hall–Kier alpha value is -2.70. The molecule has 0 aliphatic heterocycles. The number of halogens is 1. The highest BCUT2D eigenvalue weighted by atomic mass is 19.1. The van der Waals surface area contributed by atoms with E-state index in [1.165, 1.54) is 0 Å². The number of nitrogens with zero attached hydrogens (tertiary/aromatic N) is 2. The van der Waals surface area contributed by atoms with Crippen LogP contribution >= 0.6 is 0 Å². The minimum atomic E-state index is -0.940. The highest BCUT2D eigenvalue weighted by molar-refractivity contribution is 5.91. The number of nitrogens with two attached hydrogens (primary N) is 1. The average molecular weight is 262 g/mol. The first-order valence-electron chi connectivity index (χ1n) is 5.40. The smallest absolute Gasteiger partial charge is 0.357 e. The number of carbonyl (C=O) groups excluding carboxylic acids is 1. The highest BCUT2D eigenvalue weighted by Gasteiger charge is 2.12. The van der Waals surface area contributed by atoms with Crippen molar-refractivity contribution in [1.82, 2.24) is 9.55 Å². The lowest BCUT2D eigenvalue weighted by molar-refractivity contribution is 0.252. The van der Waals surface area contributed by atoms with Gasteiger partial charge in [0.2, 0.25) is 0 Å². The fourth-order valence-corrected chi connectivity index (χ4v) is 1.48. The van der Waals surface area contributed by atoms with E-state index in [0.29, 0.717) is 16.5 Å². The number of hydrogen-bond acceptors (Lipinski definition) is 4. The number of para-hydroxylation sites is 1. The van der Waals surface area contributed by atoms with Crippen LogP contribution in [0.1, 0.15) is 5.56 Å². The van der Waals surface area contributed by atoms with Crippen molar-refractivity contribution in [2.24, 2.45) is 0 Å². The largest absolute Gasteiger partial charge is 0.381 e. The molecule has 0 fully saturated rings. The van der Waals surface area contributed by atoms with Gasteiger partial charge in [-0.1, -0.05) is 18.2 Å². The second kappa shape index (κ2) is 4.89. The number of hydrogen-bond donors (Lipinski definition) is 2. The van der Waals surface area contributed by atoms with Gasteiger partial charge in [0.25, 0.3) is 0 Å². The molecule has 2 aromatic rings. The van der Waals surface area contributed by atoms with Gasteiger partial charge in [0, 0.05) is 5.69 Å². The van der Waals surface area contributed by atoms with Gasteiger partial charge in [-0.2, -0.15) is 4.98 Å². The Kier molecular flexibility index (Phi) is 3.28. The van der Waals surface area contributed by atoms with Crippen LogP contribution in [0.4, 0.5) is 20.7 Å². The Morgan fingerprint density at radius 2 is 2.11 bits per heavy atom. The zero-order valence-electron chi connectivity index (χ0n) is 10.1. The molecular weight excluding hydrogens is 251 g/mol. The molecule has 0 saturated carbocycles. The van der Waals surface area contributed by atoms with Crippen molar-refractivity contribution in [3.63, 3.8) is 0 Å². The molecule has 6 nitrogen and oxygen atoms in total. The molecule has 0 aliphatic carbocycles. The van der Waals surface area contributed by atoms with Crippen molar-refractivity contribution in [3.8, 4) is 0 Å². The van der Waals surface area contributed by atoms with Gasteiger partial charge in [-0.25, -0.2) is 18.5 Å². The third-order valence-electron chi connectivity index (χ3n) is 2.51. The molecular formula is C12H11FN4O2. The van der Waals surface area contributed by atoms with Crippen LogP contribution in [0.2, 0.25) is 0 Å². The van der Waals surface area contributed by atoms with Crippen molar-refractivity contribution < 1.29 is 9.18 Å². The Morgan fingerprint density at radius 3 is 2.79 bits per heavy atom. The Labute approximate surface area is 107 Å². The van der Waals surface area contributed by atoms with Gasteiger partial charge in [-0.05, 0) is 18.6 Å². The minimum absolute atomic E-state index is 0.525. The quantitative estimate of drug-likeness (QED) is 0.811. The average Bonchev–Trinajstić information content (AvgIpc) is 2.36. The highest BCUT2D eigenvalue weighted by Crippen LogP contribution is 2.13. The number of aromatic nitrogens is 2. The van der Waals surface area contributed by atoms with Crippen LogP contribution in [0.15, 0.2) is 35.3 Å². The predicted molar refractivity (Wildman–Crippen MR) is 68.5 cm³/mol. The van der Waals surface area contributed by atoms with E-state index in [0.717, 1.165) is 5.56 Å². The molecule has 98 valence electrons. The lowest BCUT2D eigenvalue weighted by Gasteiger charge is -2.09. The number of nitrogens with one attached hydrogen (secondary N) is 1. The van der Waals surface area contributed by atoms with Gasteiger partial charge in [-0.3, -0.25) is 0 Å². The molecule has 1 heterocycles. The summed E-state index contributed by atoms with van der Waals surface area (Å²) in [6.45, 7) is 1.79. The maximum atomic E-state index is 13.2. The molecule has 7 heteroatoms. The molecule has 0 atom stereocenters. The van der Waals surface area contributed by atoms with Gasteiger partial charge in [0.15, 0.2) is 11.6 Å². The number of benzene rings is 1. The van der Waals surface area contributed by atoms with E-state index in [9.17, 15) is 14.0 Å². The Bertz CT molecular complexity index is 696. The Balaban J connectivity index is 2.34. The number of nitrogen functional groups attached to an aromatic ring is 1. The van der Waals surface area contributed by atoms with Gasteiger partial charge < -0.3 is 11.1 Å². The number of rotatable bonds is 1. The second-order valence-electron chi connectivity index (χ2n) is 3.87. The van der Waals surface area contributed by atoms with E-state index in [4.69, 9.17) is 5.73 Å². The summed E-state index contributed by atoms with van der Waals surface area (Å²) in [5.41, 5.74) is 5.53. The zero-order valence-corrected chi connectivity index (χ0v) is 10.1. The fraction of sp³-hybridized carbons (Fsp3) is 0.0833. The Morgan fingerprint density at radius 1 is 1.42 bits per heavy atom. The van der Waals surface area contributed by atoms with Gasteiger partial charge >= 0.3 is 11.7 Å². The molecule has 19 heavy (non-hydrogen) atoms. The molecule has 0 spiro atoms. The summed E-state index contributed by atoms with van der Waals surface area (Å²) in [7, 11) is 0. The third-order valence-corrected chi connectivity index (χ3v) is 2.51. The van der Waals surface area contributed by atoms with E-state index in [2.05, 4.69) is 10.3 Å². The third kappa shape index (κ3) is 2.59. The van der Waals surface area contributed by atoms with E-state index >= 15 is 0 Å². The number of amides is 1. The minimum Gasteiger partial charge on any atom is -0.381 e. The number of aryl methyl sites for hydroxylation is 1. The second-order valence-corrected chi connectivity index (χ2v) is 3.87. The first-order chi connectivity index (χ1) is 8.99. The van der Waals surface area contributed by atoms with Gasteiger partial charge in [0.05, 0.1) is 6.20 Å². The van der Waals surface area contributed by atoms with E-state index < -0.39 is 23.4 Å². The standard InChI is InChI=1S/C12H11FN4O2/c1-7-4-2-3-5-9(7)15-11(18)17-6-8(13)10(14)16-12(17)19/h2-6H,1H3,(H,15,18)(H2,14,16,19). The van der Waals surface area contributed by atoms with Crippen LogP contribution < -0.4 is 16.7 Å². The van der Waals surface area contributed by atoms with Crippen LogP contribution in [0, 0.1) is 12.7 Å². The van der Waals surface area contributed by atoms with Crippen LogP contribution in [0.3, 0.4) is 0 Å². The molecule has 0 radical (unpaired) electrons. The summed E-state index contributed by atoms with van der Waals surface area (Å²) in [5, 5.41) is 2.49. The van der Waals surface area contributed by atoms with Crippen molar-refractivity contribution in [2.45, 2.75) is 6.92 Å². The van der Waals surface area contributed by atoms with E-state index in [1.54, 1.807) is 25.1 Å². The molecule has 1 aromatic heterocycles. The van der Waals surface area contributed by atoms with Crippen molar-refractivity contribution in [3.05, 3.63) is 52.3 Å². The molecule has 1 amide bonds. The van der Waals surface area contributed by atoms with Crippen molar-refractivity contribution in [1.29, 1.82) is 0 Å². The first kappa shape index (κ1) is 12.7. The van der Waals surface area contributed by atoms with Crippen molar-refractivity contribution >= 4 is 17.5 Å². The van der Waals surface area contributed by atoms with Gasteiger partial charge in [-0.15, -0.1) is 0 Å². The summed E-state index contributed by atoms with van der Waals surface area (Å²) in [6, 6.07) is 6.19. The summed E-state index contributed by atoms with van der Waals surface area (Å²) >= 11 is 0. The normalized spacial score (nSPS) is 10.2. The lowest BCUT2D eigenvalue weighted by atomic mass is 10.2. The maximum absolute atomic E-state index is 13.2. The lowest BCUT2D eigenvalue weighted by Crippen LogP contribution is -2.33. The maximum Gasteiger partial charge on any atom is 0.357 e. The summed E-state index contributed by atoms with van der Waals surface area (Å²) in [6.07, 6.45) is 0.707. The molecule has 0 saturated heterocycles. The van der Waals surface area contributed by atoms with E-state index in [1.807, 2.05) is 6.07 Å². The number of carbonyl (C=O) groups is 1. The zero-order chi connectivity index (χ0) is 14.0. The molecule has 0 bridgehead atoms. The molecule has 1 aromatic carbocycles. The van der Waals surface area contributed by atoms with Crippen molar-refractivity contribution in [2.75, 3.05) is 11.1 Å². The summed E-state index contributed by atoms with van der Waals surface area (Å²) < 4.78 is 13.7. The molecule has 0 unspecified atom stereocenters. The monoisotopic (exact) mass is 262 g/mol. The van der Waals surface area contributed by atoms with Crippen LogP contribution in [-0.4, -0.2) is 15.6 Å². The summed E-state index contributed by atoms with van der Waals surface area (Å²) in [4.78, 5) is 26.5. The van der Waals surface area contributed by atoms with Crippen LogP contribution in [0.5, 0.6) is 0 Å². The van der Waals surface area contributed by atoms with Crippen LogP contribution in [-0.2, 0) is 0 Å². The number of anilines is 2.